The summed E-state index contributed by atoms with van der Waals surface area (Å²) in [6, 6.07) is 10.5. The van der Waals surface area contributed by atoms with Crippen molar-refractivity contribution in [3.8, 4) is 0 Å². The number of nitrogens with one attached hydrogen (secondary N) is 1. The van der Waals surface area contributed by atoms with Gasteiger partial charge >= 0.3 is 0 Å². The van der Waals surface area contributed by atoms with Gasteiger partial charge in [-0.15, -0.1) is 0 Å². The number of carbonyl (C=O) groups is 2. The second-order valence-electron chi connectivity index (χ2n) is 8.33. The lowest BCUT2D eigenvalue weighted by atomic mass is 9.95. The Labute approximate surface area is 199 Å². The van der Waals surface area contributed by atoms with E-state index in [0.717, 1.165) is 25.7 Å². The highest BCUT2D eigenvalue weighted by atomic mass is 35.5. The third-order valence-corrected chi connectivity index (χ3v) is 6.55. The maximum Gasteiger partial charge on any atom is 0.243 e. The molecule has 2 aromatic rings. The highest BCUT2D eigenvalue weighted by Crippen LogP contribution is 2.25. The van der Waals surface area contributed by atoms with E-state index in [4.69, 9.17) is 23.2 Å². The van der Waals surface area contributed by atoms with Crippen LogP contribution in [0.1, 0.15) is 56.6 Å². The minimum atomic E-state index is -0.628. The quantitative estimate of drug-likeness (QED) is 0.510. The Kier molecular flexibility index (Phi) is 8.94. The number of hydrogen-bond donors (Lipinski definition) is 1. The normalized spacial score (nSPS) is 15.2. The number of benzene rings is 2. The smallest absolute Gasteiger partial charge is 0.243 e. The minimum Gasteiger partial charge on any atom is -0.352 e. The molecule has 0 radical (unpaired) electrons. The zero-order chi connectivity index (χ0) is 23.1. The van der Waals surface area contributed by atoms with Crippen molar-refractivity contribution in [2.75, 3.05) is 0 Å². The molecular weight excluding hydrogens is 450 g/mol. The molecule has 1 atom stereocenters. The monoisotopic (exact) mass is 478 g/mol. The molecule has 0 spiro atoms. The Morgan fingerprint density at radius 2 is 1.78 bits per heavy atom. The molecule has 0 aliphatic heterocycles. The van der Waals surface area contributed by atoms with Gasteiger partial charge in [-0.25, -0.2) is 4.39 Å². The van der Waals surface area contributed by atoms with Crippen LogP contribution < -0.4 is 5.32 Å². The first-order valence-corrected chi connectivity index (χ1v) is 11.9. The van der Waals surface area contributed by atoms with E-state index >= 15 is 0 Å². The molecule has 0 saturated heterocycles. The molecule has 0 unspecified atom stereocenters. The summed E-state index contributed by atoms with van der Waals surface area (Å²) in [7, 11) is 0. The van der Waals surface area contributed by atoms with Crippen molar-refractivity contribution in [1.29, 1.82) is 0 Å². The summed E-state index contributed by atoms with van der Waals surface area (Å²) in [5, 5.41) is 4.10. The van der Waals surface area contributed by atoms with Crippen LogP contribution in [-0.2, 0) is 22.6 Å². The molecule has 1 fully saturated rings. The molecule has 4 nitrogen and oxygen atoms in total. The minimum absolute atomic E-state index is 0.0682. The van der Waals surface area contributed by atoms with E-state index < -0.39 is 6.04 Å². The summed E-state index contributed by atoms with van der Waals surface area (Å²) >= 11 is 12.4. The number of hydrogen-bond acceptors (Lipinski definition) is 2. The Bertz CT molecular complexity index is 930. The summed E-state index contributed by atoms with van der Waals surface area (Å²) in [4.78, 5) is 28.1. The summed E-state index contributed by atoms with van der Waals surface area (Å²) < 4.78 is 13.3. The highest BCUT2D eigenvalue weighted by Gasteiger charge is 2.30. The SMILES string of the molecule is CC[C@@H](C(=O)NC1CCCCC1)N(Cc1ccc(Cl)cc1Cl)C(=O)Cc1ccc(F)cc1. The van der Waals surface area contributed by atoms with E-state index in [0.29, 0.717) is 27.6 Å². The zero-order valence-corrected chi connectivity index (χ0v) is 19.8. The van der Waals surface area contributed by atoms with Crippen molar-refractivity contribution in [2.45, 2.75) is 70.5 Å². The van der Waals surface area contributed by atoms with Crippen LogP contribution in [0.5, 0.6) is 0 Å². The standard InChI is InChI=1S/C25H29Cl2FN2O2/c1-2-23(25(32)29-21-6-4-3-5-7-21)30(16-18-10-11-19(26)15-22(18)27)24(31)14-17-8-12-20(28)13-9-17/h8-13,15,21,23H,2-7,14,16H2,1H3,(H,29,32)/t23-/m0/s1. The molecule has 2 aromatic carbocycles. The molecule has 1 N–H and O–H groups in total. The van der Waals surface area contributed by atoms with Gasteiger partial charge in [0.2, 0.25) is 11.8 Å². The topological polar surface area (TPSA) is 49.4 Å². The number of amides is 2. The molecule has 1 aliphatic carbocycles. The summed E-state index contributed by atoms with van der Waals surface area (Å²) in [6.07, 6.45) is 5.88. The first-order chi connectivity index (χ1) is 15.4. The van der Waals surface area contributed by atoms with Crippen LogP contribution in [0.2, 0.25) is 10.0 Å². The third-order valence-electron chi connectivity index (χ3n) is 5.96. The summed E-state index contributed by atoms with van der Waals surface area (Å²) in [5.74, 6) is -0.713. The van der Waals surface area contributed by atoms with Crippen LogP contribution in [0, 0.1) is 5.82 Å². The first-order valence-electron chi connectivity index (χ1n) is 11.2. The molecule has 1 aliphatic rings. The van der Waals surface area contributed by atoms with Crippen LogP contribution in [0.4, 0.5) is 4.39 Å². The number of rotatable bonds is 8. The van der Waals surface area contributed by atoms with Crippen molar-refractivity contribution in [2.24, 2.45) is 0 Å². The Morgan fingerprint density at radius 3 is 2.41 bits per heavy atom. The molecule has 3 rings (SSSR count). The molecule has 0 bridgehead atoms. The lowest BCUT2D eigenvalue weighted by molar-refractivity contribution is -0.141. The third kappa shape index (κ3) is 6.69. The maximum atomic E-state index is 13.4. The Hall–Kier alpha value is -2.11. The Morgan fingerprint density at radius 1 is 1.09 bits per heavy atom. The van der Waals surface area contributed by atoms with Crippen molar-refractivity contribution in [3.05, 3.63) is 69.5 Å². The van der Waals surface area contributed by atoms with Gasteiger partial charge in [-0.3, -0.25) is 9.59 Å². The zero-order valence-electron chi connectivity index (χ0n) is 18.3. The fourth-order valence-corrected chi connectivity index (χ4v) is 4.64. The predicted octanol–water partition coefficient (Wildman–Crippen LogP) is 5.93. The fourth-order valence-electron chi connectivity index (χ4n) is 4.18. The van der Waals surface area contributed by atoms with Crippen LogP contribution in [0.25, 0.3) is 0 Å². The van der Waals surface area contributed by atoms with Crippen LogP contribution in [0.15, 0.2) is 42.5 Å². The van der Waals surface area contributed by atoms with Gasteiger partial charge in [-0.05, 0) is 54.7 Å². The van der Waals surface area contributed by atoms with Crippen LogP contribution >= 0.6 is 23.2 Å². The largest absolute Gasteiger partial charge is 0.352 e. The van der Waals surface area contributed by atoms with Gasteiger partial charge < -0.3 is 10.2 Å². The van der Waals surface area contributed by atoms with Gasteiger partial charge in [-0.2, -0.15) is 0 Å². The average molecular weight is 479 g/mol. The molecule has 0 aromatic heterocycles. The molecule has 172 valence electrons. The van der Waals surface area contributed by atoms with Gasteiger partial charge in [-0.1, -0.05) is 67.6 Å². The molecule has 1 saturated carbocycles. The van der Waals surface area contributed by atoms with Crippen LogP contribution in [-0.4, -0.2) is 28.8 Å². The number of carbonyl (C=O) groups excluding carboxylic acids is 2. The maximum absolute atomic E-state index is 13.4. The lowest BCUT2D eigenvalue weighted by Crippen LogP contribution is -2.52. The van der Waals surface area contributed by atoms with E-state index in [1.54, 1.807) is 35.2 Å². The van der Waals surface area contributed by atoms with E-state index in [1.165, 1.54) is 18.6 Å². The van der Waals surface area contributed by atoms with Gasteiger partial charge in [0.05, 0.1) is 6.42 Å². The molecular formula is C25H29Cl2FN2O2. The Balaban J connectivity index is 1.83. The van der Waals surface area contributed by atoms with Crippen molar-refractivity contribution in [1.82, 2.24) is 10.2 Å². The fraction of sp³-hybridized carbons (Fsp3) is 0.440. The van der Waals surface area contributed by atoms with Gasteiger partial charge in [0.1, 0.15) is 11.9 Å². The van der Waals surface area contributed by atoms with Gasteiger partial charge in [0.15, 0.2) is 0 Å². The van der Waals surface area contributed by atoms with E-state index in [-0.39, 0.29) is 36.6 Å². The molecule has 32 heavy (non-hydrogen) atoms. The number of nitrogens with zero attached hydrogens (tertiary/aromatic N) is 1. The summed E-state index contributed by atoms with van der Waals surface area (Å²) in [5.41, 5.74) is 1.40. The van der Waals surface area contributed by atoms with Gasteiger partial charge in [0, 0.05) is 22.6 Å². The van der Waals surface area contributed by atoms with E-state index in [1.807, 2.05) is 6.92 Å². The lowest BCUT2D eigenvalue weighted by Gasteiger charge is -2.33. The number of halogens is 3. The van der Waals surface area contributed by atoms with Crippen LogP contribution in [0.3, 0.4) is 0 Å². The second kappa shape index (κ2) is 11.7. The molecule has 2 amide bonds. The predicted molar refractivity (Wildman–Crippen MR) is 126 cm³/mol. The van der Waals surface area contributed by atoms with E-state index in [9.17, 15) is 14.0 Å². The van der Waals surface area contributed by atoms with Gasteiger partial charge in [0.25, 0.3) is 0 Å². The molecule has 7 heteroatoms. The van der Waals surface area contributed by atoms with Crippen molar-refractivity contribution in [3.63, 3.8) is 0 Å². The average Bonchev–Trinajstić information content (AvgIpc) is 2.77. The highest BCUT2D eigenvalue weighted by molar-refractivity contribution is 6.35. The molecule has 0 heterocycles. The summed E-state index contributed by atoms with van der Waals surface area (Å²) in [6.45, 7) is 2.08. The van der Waals surface area contributed by atoms with E-state index in [2.05, 4.69) is 5.32 Å². The second-order valence-corrected chi connectivity index (χ2v) is 9.17. The first kappa shape index (κ1) is 24.5. The van der Waals surface area contributed by atoms with Crippen molar-refractivity contribution >= 4 is 35.0 Å². The van der Waals surface area contributed by atoms with Crippen molar-refractivity contribution < 1.29 is 14.0 Å².